The summed E-state index contributed by atoms with van der Waals surface area (Å²) in [6.45, 7) is 13.8. The molecule has 134 valence electrons. The van der Waals surface area contributed by atoms with E-state index in [1.165, 1.54) is 5.56 Å². The van der Waals surface area contributed by atoms with Crippen LogP contribution in [0.4, 0.5) is 4.79 Å². The zero-order valence-electron chi connectivity index (χ0n) is 15.9. The zero-order valence-corrected chi connectivity index (χ0v) is 15.9. The molecule has 4 heteroatoms. The van der Waals surface area contributed by atoms with Crippen LogP contribution in [0.2, 0.25) is 0 Å². The van der Waals surface area contributed by atoms with E-state index in [9.17, 15) is 4.79 Å². The van der Waals surface area contributed by atoms with Crippen molar-refractivity contribution in [2.45, 2.75) is 65.6 Å². The van der Waals surface area contributed by atoms with Gasteiger partial charge in [-0.25, -0.2) is 4.79 Å². The molecule has 1 aromatic carbocycles. The van der Waals surface area contributed by atoms with Crippen LogP contribution >= 0.6 is 0 Å². The van der Waals surface area contributed by atoms with Crippen molar-refractivity contribution in [1.29, 1.82) is 0 Å². The van der Waals surface area contributed by atoms with Crippen LogP contribution in [0.15, 0.2) is 30.3 Å². The van der Waals surface area contributed by atoms with Crippen molar-refractivity contribution < 1.29 is 9.53 Å². The van der Waals surface area contributed by atoms with Crippen molar-refractivity contribution in [2.24, 2.45) is 5.41 Å². The second kappa shape index (κ2) is 7.14. The molecule has 0 bridgehead atoms. The van der Waals surface area contributed by atoms with Gasteiger partial charge in [0.15, 0.2) is 0 Å². The minimum absolute atomic E-state index is 0.00179. The molecule has 0 spiro atoms. The molecule has 0 aromatic heterocycles. The van der Waals surface area contributed by atoms with Gasteiger partial charge >= 0.3 is 6.09 Å². The summed E-state index contributed by atoms with van der Waals surface area (Å²) < 4.78 is 5.52. The highest BCUT2D eigenvalue weighted by molar-refractivity contribution is 5.68. The average Bonchev–Trinajstić information content (AvgIpc) is 2.48. The maximum Gasteiger partial charge on any atom is 0.410 e. The summed E-state index contributed by atoms with van der Waals surface area (Å²) in [5.41, 5.74) is 0.846. The van der Waals surface area contributed by atoms with Gasteiger partial charge < -0.3 is 15.0 Å². The van der Waals surface area contributed by atoms with Crippen LogP contribution in [0.25, 0.3) is 0 Å². The number of nitrogens with zero attached hydrogens (tertiary/aromatic N) is 1. The van der Waals surface area contributed by atoms with E-state index in [4.69, 9.17) is 4.74 Å². The number of nitrogens with one attached hydrogen (secondary N) is 1. The minimum atomic E-state index is -0.446. The van der Waals surface area contributed by atoms with Gasteiger partial charge in [0.2, 0.25) is 0 Å². The SMILES string of the molecule is CC(NC1CCN(C(=O)OC(C)(C)C)CC1(C)C)c1ccccc1. The minimum Gasteiger partial charge on any atom is -0.444 e. The molecule has 0 saturated carbocycles. The fourth-order valence-corrected chi connectivity index (χ4v) is 3.29. The molecule has 1 aliphatic heterocycles. The Balaban J connectivity index is 1.97. The zero-order chi connectivity index (χ0) is 18.0. The van der Waals surface area contributed by atoms with Gasteiger partial charge in [-0.3, -0.25) is 0 Å². The maximum atomic E-state index is 12.3. The highest BCUT2D eigenvalue weighted by atomic mass is 16.6. The Morgan fingerprint density at radius 3 is 2.46 bits per heavy atom. The Bertz CT molecular complexity index is 549. The molecule has 24 heavy (non-hydrogen) atoms. The van der Waals surface area contributed by atoms with Crippen LogP contribution in [0.5, 0.6) is 0 Å². The Kier molecular flexibility index (Phi) is 5.59. The molecule has 4 nitrogen and oxygen atoms in total. The Morgan fingerprint density at radius 2 is 1.92 bits per heavy atom. The number of rotatable bonds is 3. The third-order valence-electron chi connectivity index (χ3n) is 4.63. The van der Waals surface area contributed by atoms with E-state index in [1.807, 2.05) is 31.7 Å². The van der Waals surface area contributed by atoms with Gasteiger partial charge in [0.1, 0.15) is 5.60 Å². The largest absolute Gasteiger partial charge is 0.444 e. The summed E-state index contributed by atoms with van der Waals surface area (Å²) in [5, 5.41) is 3.75. The van der Waals surface area contributed by atoms with E-state index in [0.717, 1.165) is 13.0 Å². The van der Waals surface area contributed by atoms with Gasteiger partial charge in [-0.2, -0.15) is 0 Å². The molecule has 1 aliphatic rings. The Hall–Kier alpha value is -1.55. The van der Waals surface area contributed by atoms with E-state index in [2.05, 4.69) is 50.4 Å². The topological polar surface area (TPSA) is 41.6 Å². The van der Waals surface area contributed by atoms with Crippen molar-refractivity contribution in [3.05, 3.63) is 35.9 Å². The molecule has 2 unspecified atom stereocenters. The molecule has 1 amide bonds. The third kappa shape index (κ3) is 4.97. The standard InChI is InChI=1S/C20H32N2O2/c1-15(16-10-8-7-9-11-16)21-17-12-13-22(14-20(17,5)6)18(23)24-19(2,3)4/h7-11,15,17,21H,12-14H2,1-6H3. The van der Waals surface area contributed by atoms with E-state index >= 15 is 0 Å². The van der Waals surface area contributed by atoms with Gasteiger partial charge in [-0.15, -0.1) is 0 Å². The predicted octanol–water partition coefficient (Wildman–Crippen LogP) is 4.37. The molecule has 2 rings (SSSR count). The highest BCUT2D eigenvalue weighted by Gasteiger charge is 2.39. The lowest BCUT2D eigenvalue weighted by atomic mass is 9.78. The molecule has 0 radical (unpaired) electrons. The van der Waals surface area contributed by atoms with Crippen molar-refractivity contribution in [3.63, 3.8) is 0 Å². The number of carbonyl (C=O) groups is 1. The van der Waals surface area contributed by atoms with Crippen molar-refractivity contribution in [3.8, 4) is 0 Å². The van der Waals surface area contributed by atoms with Crippen LogP contribution in [0.1, 0.15) is 59.6 Å². The molecular weight excluding hydrogens is 300 g/mol. The lowest BCUT2D eigenvalue weighted by molar-refractivity contribution is 0.00132. The quantitative estimate of drug-likeness (QED) is 0.893. The fourth-order valence-electron chi connectivity index (χ4n) is 3.29. The summed E-state index contributed by atoms with van der Waals surface area (Å²) >= 11 is 0. The average molecular weight is 332 g/mol. The first-order chi connectivity index (χ1) is 11.1. The third-order valence-corrected chi connectivity index (χ3v) is 4.63. The van der Waals surface area contributed by atoms with E-state index in [0.29, 0.717) is 18.6 Å². The van der Waals surface area contributed by atoms with Gasteiger partial charge in [0, 0.05) is 25.2 Å². The summed E-state index contributed by atoms with van der Waals surface area (Å²) in [5.74, 6) is 0. The second-order valence-electron chi connectivity index (χ2n) is 8.53. The normalized spacial score (nSPS) is 22.1. The van der Waals surface area contributed by atoms with Crippen molar-refractivity contribution in [2.75, 3.05) is 13.1 Å². The van der Waals surface area contributed by atoms with Crippen LogP contribution in [0.3, 0.4) is 0 Å². The first kappa shape index (κ1) is 18.8. The molecule has 1 N–H and O–H groups in total. The second-order valence-corrected chi connectivity index (χ2v) is 8.53. The number of hydrogen-bond donors (Lipinski definition) is 1. The highest BCUT2D eigenvalue weighted by Crippen LogP contribution is 2.32. The first-order valence-corrected chi connectivity index (χ1v) is 8.87. The maximum absolute atomic E-state index is 12.3. The van der Waals surface area contributed by atoms with Gasteiger partial charge in [0.05, 0.1) is 0 Å². The number of benzene rings is 1. The Labute approximate surface area is 146 Å². The molecule has 2 atom stereocenters. The van der Waals surface area contributed by atoms with Gasteiger partial charge in [-0.05, 0) is 45.1 Å². The number of likely N-dealkylation sites (tertiary alicyclic amines) is 1. The molecule has 1 aromatic rings. The van der Waals surface area contributed by atoms with Crippen LogP contribution in [-0.4, -0.2) is 35.7 Å². The Morgan fingerprint density at radius 1 is 1.29 bits per heavy atom. The number of ether oxygens (including phenoxy) is 1. The molecule has 0 aliphatic carbocycles. The van der Waals surface area contributed by atoms with E-state index < -0.39 is 5.60 Å². The van der Waals surface area contributed by atoms with Crippen LogP contribution in [-0.2, 0) is 4.74 Å². The number of amides is 1. The molecule has 1 heterocycles. The summed E-state index contributed by atoms with van der Waals surface area (Å²) in [6.07, 6.45) is 0.730. The summed E-state index contributed by atoms with van der Waals surface area (Å²) in [6, 6.07) is 11.2. The van der Waals surface area contributed by atoms with Crippen LogP contribution in [0, 0.1) is 5.41 Å². The van der Waals surface area contributed by atoms with Crippen LogP contribution < -0.4 is 5.32 Å². The summed E-state index contributed by atoms with van der Waals surface area (Å²) in [4.78, 5) is 14.2. The molecular formula is C20H32N2O2. The predicted molar refractivity (Wildman–Crippen MR) is 98.0 cm³/mol. The monoisotopic (exact) mass is 332 g/mol. The lowest BCUT2D eigenvalue weighted by Crippen LogP contribution is -2.56. The van der Waals surface area contributed by atoms with Crippen molar-refractivity contribution >= 4 is 6.09 Å². The smallest absolute Gasteiger partial charge is 0.410 e. The number of piperidine rings is 1. The van der Waals surface area contributed by atoms with Gasteiger partial charge in [-0.1, -0.05) is 44.2 Å². The van der Waals surface area contributed by atoms with E-state index in [-0.39, 0.29) is 11.5 Å². The number of carbonyl (C=O) groups excluding carboxylic acids is 1. The lowest BCUT2D eigenvalue weighted by Gasteiger charge is -2.45. The molecule has 1 fully saturated rings. The van der Waals surface area contributed by atoms with E-state index in [1.54, 1.807) is 0 Å². The van der Waals surface area contributed by atoms with Gasteiger partial charge in [0.25, 0.3) is 0 Å². The first-order valence-electron chi connectivity index (χ1n) is 8.87. The molecule has 1 saturated heterocycles. The summed E-state index contributed by atoms with van der Waals surface area (Å²) in [7, 11) is 0. The fraction of sp³-hybridized carbons (Fsp3) is 0.650. The van der Waals surface area contributed by atoms with Crippen molar-refractivity contribution in [1.82, 2.24) is 10.2 Å². The number of hydrogen-bond acceptors (Lipinski definition) is 3.